The molecule has 2 amide bonds. The third kappa shape index (κ3) is 5.23. The van der Waals surface area contributed by atoms with Crippen molar-refractivity contribution in [1.82, 2.24) is 4.90 Å². The molecule has 0 unspecified atom stereocenters. The molecule has 30 heavy (non-hydrogen) atoms. The first kappa shape index (κ1) is 21.5. The Hall–Kier alpha value is -3.22. The summed E-state index contributed by atoms with van der Waals surface area (Å²) in [4.78, 5) is 27.6. The van der Waals surface area contributed by atoms with Crippen LogP contribution in [0.1, 0.15) is 18.4 Å². The first-order chi connectivity index (χ1) is 14.5. The van der Waals surface area contributed by atoms with E-state index < -0.39 is 0 Å². The van der Waals surface area contributed by atoms with E-state index in [9.17, 15) is 9.59 Å². The molecular formula is C23H28N2O5. The van der Waals surface area contributed by atoms with Gasteiger partial charge in [0.1, 0.15) is 5.75 Å². The average Bonchev–Trinajstić information content (AvgIpc) is 3.21. The number of amides is 2. The molecule has 1 fully saturated rings. The maximum atomic E-state index is 12.4. The number of hydrogen-bond acceptors (Lipinski definition) is 5. The predicted molar refractivity (Wildman–Crippen MR) is 114 cm³/mol. The van der Waals surface area contributed by atoms with Gasteiger partial charge in [-0.3, -0.25) is 9.59 Å². The van der Waals surface area contributed by atoms with Gasteiger partial charge in [0, 0.05) is 32.2 Å². The van der Waals surface area contributed by atoms with Gasteiger partial charge in [-0.2, -0.15) is 0 Å². The van der Waals surface area contributed by atoms with E-state index in [2.05, 4.69) is 0 Å². The molecule has 7 nitrogen and oxygen atoms in total. The highest BCUT2D eigenvalue weighted by atomic mass is 16.5. The topological polar surface area (TPSA) is 68.3 Å². The van der Waals surface area contributed by atoms with Crippen LogP contribution >= 0.6 is 0 Å². The average molecular weight is 412 g/mol. The second-order valence-electron chi connectivity index (χ2n) is 7.19. The summed E-state index contributed by atoms with van der Waals surface area (Å²) in [5.41, 5.74) is 1.92. The van der Waals surface area contributed by atoms with Gasteiger partial charge in [0.2, 0.25) is 5.91 Å². The quantitative estimate of drug-likeness (QED) is 0.634. The molecule has 1 heterocycles. The van der Waals surface area contributed by atoms with Gasteiger partial charge in [-0.25, -0.2) is 0 Å². The van der Waals surface area contributed by atoms with Gasteiger partial charge in [0.15, 0.2) is 18.1 Å². The maximum absolute atomic E-state index is 12.4. The van der Waals surface area contributed by atoms with Crippen molar-refractivity contribution in [3.63, 3.8) is 0 Å². The number of carbonyl (C=O) groups is 2. The highest BCUT2D eigenvalue weighted by Crippen LogP contribution is 2.28. The van der Waals surface area contributed by atoms with Crippen LogP contribution < -0.4 is 19.1 Å². The Labute approximate surface area is 177 Å². The molecule has 0 atom stereocenters. The standard InChI is InChI=1S/C23H28N2O5/c1-24(14-12-17-6-11-20(28-2)21(15-17)29-3)23(27)16-30-19-9-7-18(8-10-19)25-13-4-5-22(25)26/h6-11,15H,4-5,12-14,16H2,1-3H3. The fourth-order valence-electron chi connectivity index (χ4n) is 3.36. The molecule has 0 aromatic heterocycles. The van der Waals surface area contributed by atoms with Gasteiger partial charge < -0.3 is 24.0 Å². The Balaban J connectivity index is 1.47. The molecule has 3 rings (SSSR count). The van der Waals surface area contributed by atoms with Crippen LogP contribution in [0.2, 0.25) is 0 Å². The van der Waals surface area contributed by atoms with Crippen LogP contribution in [-0.4, -0.2) is 57.7 Å². The summed E-state index contributed by atoms with van der Waals surface area (Å²) in [5, 5.41) is 0. The SMILES string of the molecule is COc1ccc(CCN(C)C(=O)COc2ccc(N3CCCC3=O)cc2)cc1OC. The van der Waals surface area contributed by atoms with Crippen molar-refractivity contribution in [3.8, 4) is 17.2 Å². The fourth-order valence-corrected chi connectivity index (χ4v) is 3.36. The molecular weight excluding hydrogens is 384 g/mol. The Morgan fingerprint density at radius 2 is 1.80 bits per heavy atom. The van der Waals surface area contributed by atoms with Crippen molar-refractivity contribution in [2.24, 2.45) is 0 Å². The number of likely N-dealkylation sites (N-methyl/N-ethyl adjacent to an activating group) is 1. The van der Waals surface area contributed by atoms with E-state index in [4.69, 9.17) is 14.2 Å². The fraction of sp³-hybridized carbons (Fsp3) is 0.391. The molecule has 0 spiro atoms. The molecule has 1 saturated heterocycles. The largest absolute Gasteiger partial charge is 0.493 e. The lowest BCUT2D eigenvalue weighted by atomic mass is 10.1. The molecule has 160 valence electrons. The van der Waals surface area contributed by atoms with E-state index in [0.29, 0.717) is 36.6 Å². The highest BCUT2D eigenvalue weighted by Gasteiger charge is 2.21. The van der Waals surface area contributed by atoms with E-state index in [0.717, 1.165) is 24.2 Å². The normalized spacial score (nSPS) is 13.3. The van der Waals surface area contributed by atoms with Crippen molar-refractivity contribution in [2.45, 2.75) is 19.3 Å². The number of rotatable bonds is 9. The zero-order valence-corrected chi connectivity index (χ0v) is 17.7. The second kappa shape index (κ2) is 10.0. The Morgan fingerprint density at radius 1 is 1.07 bits per heavy atom. The number of hydrogen-bond donors (Lipinski definition) is 0. The first-order valence-electron chi connectivity index (χ1n) is 10.00. The predicted octanol–water partition coefficient (Wildman–Crippen LogP) is 2.91. The smallest absolute Gasteiger partial charge is 0.260 e. The van der Waals surface area contributed by atoms with E-state index in [-0.39, 0.29) is 18.4 Å². The van der Waals surface area contributed by atoms with Crippen molar-refractivity contribution in [1.29, 1.82) is 0 Å². The molecule has 1 aliphatic heterocycles. The monoisotopic (exact) mass is 412 g/mol. The lowest BCUT2D eigenvalue weighted by Gasteiger charge is -2.19. The maximum Gasteiger partial charge on any atom is 0.260 e. The summed E-state index contributed by atoms with van der Waals surface area (Å²) in [7, 11) is 4.96. The van der Waals surface area contributed by atoms with Crippen LogP contribution in [0.5, 0.6) is 17.2 Å². The van der Waals surface area contributed by atoms with Gasteiger partial charge >= 0.3 is 0 Å². The van der Waals surface area contributed by atoms with Gasteiger partial charge in [0.25, 0.3) is 5.91 Å². The Kier molecular flexibility index (Phi) is 7.17. The molecule has 0 bridgehead atoms. The molecule has 2 aromatic rings. The second-order valence-corrected chi connectivity index (χ2v) is 7.19. The Morgan fingerprint density at radius 3 is 2.43 bits per heavy atom. The van der Waals surface area contributed by atoms with Gasteiger partial charge in [-0.15, -0.1) is 0 Å². The molecule has 0 radical (unpaired) electrons. The minimum absolute atomic E-state index is 0.0373. The van der Waals surface area contributed by atoms with Crippen molar-refractivity contribution >= 4 is 17.5 Å². The minimum Gasteiger partial charge on any atom is -0.493 e. The number of anilines is 1. The van der Waals surface area contributed by atoms with Gasteiger partial charge in [0.05, 0.1) is 14.2 Å². The molecule has 0 saturated carbocycles. The van der Waals surface area contributed by atoms with Crippen molar-refractivity contribution in [2.75, 3.05) is 45.9 Å². The minimum atomic E-state index is -0.103. The van der Waals surface area contributed by atoms with Crippen LogP contribution in [0.15, 0.2) is 42.5 Å². The zero-order chi connectivity index (χ0) is 21.5. The lowest BCUT2D eigenvalue weighted by Crippen LogP contribution is -2.33. The molecule has 7 heteroatoms. The number of ether oxygens (including phenoxy) is 3. The molecule has 0 aliphatic carbocycles. The van der Waals surface area contributed by atoms with Gasteiger partial charge in [-0.05, 0) is 54.8 Å². The lowest BCUT2D eigenvalue weighted by molar-refractivity contribution is -0.132. The summed E-state index contributed by atoms with van der Waals surface area (Å²) in [5.74, 6) is 2.00. The summed E-state index contributed by atoms with van der Waals surface area (Å²) in [6.45, 7) is 1.28. The molecule has 1 aliphatic rings. The van der Waals surface area contributed by atoms with Crippen LogP contribution in [-0.2, 0) is 16.0 Å². The Bertz CT molecular complexity index is 882. The number of benzene rings is 2. The summed E-state index contributed by atoms with van der Waals surface area (Å²) < 4.78 is 16.2. The van der Waals surface area contributed by atoms with Crippen LogP contribution in [0.3, 0.4) is 0 Å². The van der Waals surface area contributed by atoms with E-state index in [1.54, 1.807) is 43.2 Å². The third-order valence-corrected chi connectivity index (χ3v) is 5.19. The van der Waals surface area contributed by atoms with Crippen LogP contribution in [0.25, 0.3) is 0 Å². The highest BCUT2D eigenvalue weighted by molar-refractivity contribution is 5.95. The van der Waals surface area contributed by atoms with E-state index in [1.165, 1.54) is 0 Å². The van der Waals surface area contributed by atoms with E-state index in [1.807, 2.05) is 30.3 Å². The summed E-state index contributed by atoms with van der Waals surface area (Å²) in [6, 6.07) is 13.0. The number of methoxy groups -OCH3 is 2. The van der Waals surface area contributed by atoms with Crippen molar-refractivity contribution < 1.29 is 23.8 Å². The summed E-state index contributed by atoms with van der Waals surface area (Å²) in [6.07, 6.45) is 2.19. The third-order valence-electron chi connectivity index (χ3n) is 5.19. The summed E-state index contributed by atoms with van der Waals surface area (Å²) >= 11 is 0. The van der Waals surface area contributed by atoms with Crippen molar-refractivity contribution in [3.05, 3.63) is 48.0 Å². The van der Waals surface area contributed by atoms with Gasteiger partial charge in [-0.1, -0.05) is 6.07 Å². The molecule has 0 N–H and O–H groups in total. The number of carbonyl (C=O) groups excluding carboxylic acids is 2. The zero-order valence-electron chi connectivity index (χ0n) is 17.7. The molecule has 2 aromatic carbocycles. The first-order valence-corrected chi connectivity index (χ1v) is 10.00. The van der Waals surface area contributed by atoms with Crippen LogP contribution in [0.4, 0.5) is 5.69 Å². The number of nitrogens with zero attached hydrogens (tertiary/aromatic N) is 2. The van der Waals surface area contributed by atoms with E-state index >= 15 is 0 Å². The van der Waals surface area contributed by atoms with Crippen LogP contribution in [0, 0.1) is 0 Å².